The topological polar surface area (TPSA) is 65.3 Å². The van der Waals surface area contributed by atoms with E-state index in [1.165, 1.54) is 5.56 Å². The molecule has 7 nitrogen and oxygen atoms in total. The Bertz CT molecular complexity index is 864. The Balaban J connectivity index is 1.89. The first-order valence-electron chi connectivity index (χ1n) is 8.82. The van der Waals surface area contributed by atoms with Crippen molar-refractivity contribution in [2.75, 3.05) is 28.3 Å². The molecule has 2 aromatic carbocycles. The van der Waals surface area contributed by atoms with Gasteiger partial charge in [0.1, 0.15) is 0 Å². The second kappa shape index (κ2) is 8.64. The van der Waals surface area contributed by atoms with Gasteiger partial charge in [-0.25, -0.2) is 4.68 Å². The van der Waals surface area contributed by atoms with Gasteiger partial charge in [-0.1, -0.05) is 36.4 Å². The number of aryl methyl sites for hydroxylation is 2. The minimum atomic E-state index is -0.101. The second-order valence-electron chi connectivity index (χ2n) is 6.48. The largest absolute Gasteiger partial charge is 0.493 e. The first-order valence-corrected chi connectivity index (χ1v) is 8.82. The van der Waals surface area contributed by atoms with Crippen molar-refractivity contribution >= 4 is 0 Å². The average molecular weight is 367 g/mol. The molecule has 1 atom stereocenters. The number of nitrogens with zero attached hydrogens (tertiary/aromatic N) is 5. The van der Waals surface area contributed by atoms with Crippen LogP contribution < -0.4 is 9.47 Å². The number of methoxy groups -OCH3 is 2. The van der Waals surface area contributed by atoms with E-state index >= 15 is 0 Å². The lowest BCUT2D eigenvalue weighted by atomic mass is 10.0. The van der Waals surface area contributed by atoms with E-state index in [-0.39, 0.29) is 6.04 Å². The van der Waals surface area contributed by atoms with E-state index in [4.69, 9.17) is 9.47 Å². The molecule has 7 heteroatoms. The van der Waals surface area contributed by atoms with Gasteiger partial charge in [0.15, 0.2) is 17.3 Å². The molecule has 0 saturated carbocycles. The SMILES string of the molecule is COc1ccc([C@H](c2nnnn2CCc2ccccc2)N(C)C)cc1OC. The molecule has 0 N–H and O–H groups in total. The van der Waals surface area contributed by atoms with Crippen molar-refractivity contribution in [3.05, 3.63) is 65.5 Å². The van der Waals surface area contributed by atoms with Crippen LogP contribution in [0.4, 0.5) is 0 Å². The Hall–Kier alpha value is -2.93. The normalized spacial score (nSPS) is 12.2. The van der Waals surface area contributed by atoms with Crippen LogP contribution in [0.2, 0.25) is 0 Å². The lowest BCUT2D eigenvalue weighted by Crippen LogP contribution is -2.25. The van der Waals surface area contributed by atoms with Crippen molar-refractivity contribution in [2.45, 2.75) is 19.0 Å². The quantitative estimate of drug-likeness (QED) is 0.610. The summed E-state index contributed by atoms with van der Waals surface area (Å²) in [7, 11) is 7.29. The number of aromatic nitrogens is 4. The molecule has 0 amide bonds. The first kappa shape index (κ1) is 18.8. The summed E-state index contributed by atoms with van der Waals surface area (Å²) in [6.07, 6.45) is 0.866. The van der Waals surface area contributed by atoms with Gasteiger partial charge in [-0.15, -0.1) is 5.10 Å². The average Bonchev–Trinajstić information content (AvgIpc) is 3.15. The number of benzene rings is 2. The van der Waals surface area contributed by atoms with Crippen LogP contribution in [-0.4, -0.2) is 53.4 Å². The van der Waals surface area contributed by atoms with E-state index in [1.54, 1.807) is 14.2 Å². The Kier molecular flexibility index (Phi) is 6.03. The zero-order chi connectivity index (χ0) is 19.2. The lowest BCUT2D eigenvalue weighted by Gasteiger charge is -2.24. The molecule has 142 valence electrons. The van der Waals surface area contributed by atoms with Crippen LogP contribution in [0, 0.1) is 0 Å². The molecule has 0 aliphatic heterocycles. The molecule has 0 unspecified atom stereocenters. The van der Waals surface area contributed by atoms with Gasteiger partial charge in [0.2, 0.25) is 0 Å². The van der Waals surface area contributed by atoms with Crippen LogP contribution in [0.1, 0.15) is 23.0 Å². The highest BCUT2D eigenvalue weighted by molar-refractivity contribution is 5.44. The highest BCUT2D eigenvalue weighted by Crippen LogP contribution is 2.33. The number of ether oxygens (including phenoxy) is 2. The molecule has 1 aromatic heterocycles. The summed E-state index contributed by atoms with van der Waals surface area (Å²) in [6.45, 7) is 0.712. The van der Waals surface area contributed by atoms with E-state index < -0.39 is 0 Å². The maximum atomic E-state index is 5.46. The van der Waals surface area contributed by atoms with E-state index in [2.05, 4.69) is 32.6 Å². The maximum absolute atomic E-state index is 5.46. The molecule has 0 bridgehead atoms. The zero-order valence-electron chi connectivity index (χ0n) is 16.2. The second-order valence-corrected chi connectivity index (χ2v) is 6.48. The summed E-state index contributed by atoms with van der Waals surface area (Å²) in [4.78, 5) is 2.09. The van der Waals surface area contributed by atoms with Gasteiger partial charge in [0.05, 0.1) is 20.3 Å². The van der Waals surface area contributed by atoms with Gasteiger partial charge >= 0.3 is 0 Å². The van der Waals surface area contributed by atoms with E-state index in [1.807, 2.05) is 55.2 Å². The van der Waals surface area contributed by atoms with Gasteiger partial charge < -0.3 is 9.47 Å². The molecule has 0 aliphatic carbocycles. The summed E-state index contributed by atoms with van der Waals surface area (Å²) in [6, 6.07) is 16.1. The smallest absolute Gasteiger partial charge is 0.173 e. The third kappa shape index (κ3) is 4.25. The molecule has 1 heterocycles. The third-order valence-corrected chi connectivity index (χ3v) is 4.50. The number of tetrazole rings is 1. The molecule has 0 radical (unpaired) electrons. The van der Waals surface area contributed by atoms with E-state index in [0.717, 1.165) is 17.8 Å². The molecule has 0 spiro atoms. The molecule has 3 aromatic rings. The van der Waals surface area contributed by atoms with E-state index in [9.17, 15) is 0 Å². The standard InChI is InChI=1S/C20H25N5O2/c1-24(2)19(16-10-11-17(26-3)18(14-16)27-4)20-21-22-23-25(20)13-12-15-8-6-5-7-9-15/h5-11,14,19H,12-13H2,1-4H3/t19-/m1/s1. The molecule has 27 heavy (non-hydrogen) atoms. The summed E-state index contributed by atoms with van der Waals surface area (Å²) in [5, 5.41) is 12.4. The van der Waals surface area contributed by atoms with Gasteiger partial charge in [0.25, 0.3) is 0 Å². The van der Waals surface area contributed by atoms with Crippen LogP contribution in [0.5, 0.6) is 11.5 Å². The van der Waals surface area contributed by atoms with Crippen LogP contribution >= 0.6 is 0 Å². The van der Waals surface area contributed by atoms with Gasteiger partial charge in [-0.3, -0.25) is 4.90 Å². The maximum Gasteiger partial charge on any atom is 0.173 e. The van der Waals surface area contributed by atoms with Crippen molar-refractivity contribution in [2.24, 2.45) is 0 Å². The third-order valence-electron chi connectivity index (χ3n) is 4.50. The molecule has 0 fully saturated rings. The zero-order valence-corrected chi connectivity index (χ0v) is 16.2. The van der Waals surface area contributed by atoms with Crippen LogP contribution in [-0.2, 0) is 13.0 Å². The molecule has 0 aliphatic rings. The Morgan fingerprint density at radius 2 is 1.74 bits per heavy atom. The van der Waals surface area contributed by atoms with Crippen LogP contribution in [0.15, 0.2) is 48.5 Å². The summed E-state index contributed by atoms with van der Waals surface area (Å²) < 4.78 is 12.7. The number of rotatable bonds is 8. The predicted octanol–water partition coefficient (Wildman–Crippen LogP) is 2.58. The number of hydrogen-bond acceptors (Lipinski definition) is 6. The minimum Gasteiger partial charge on any atom is -0.493 e. The summed E-state index contributed by atoms with van der Waals surface area (Å²) >= 11 is 0. The molecule has 0 saturated heterocycles. The Morgan fingerprint density at radius 3 is 2.41 bits per heavy atom. The lowest BCUT2D eigenvalue weighted by molar-refractivity contribution is 0.313. The van der Waals surface area contributed by atoms with Crippen molar-refractivity contribution in [1.82, 2.24) is 25.1 Å². The fourth-order valence-corrected chi connectivity index (χ4v) is 3.15. The number of hydrogen-bond donors (Lipinski definition) is 0. The van der Waals surface area contributed by atoms with Gasteiger partial charge in [0, 0.05) is 6.54 Å². The van der Waals surface area contributed by atoms with Gasteiger partial charge in [-0.05, 0) is 54.2 Å². The Labute approximate surface area is 159 Å². The molecular weight excluding hydrogens is 342 g/mol. The highest BCUT2D eigenvalue weighted by atomic mass is 16.5. The highest BCUT2D eigenvalue weighted by Gasteiger charge is 2.24. The van der Waals surface area contributed by atoms with Crippen LogP contribution in [0.3, 0.4) is 0 Å². The summed E-state index contributed by atoms with van der Waals surface area (Å²) in [5.41, 5.74) is 2.29. The monoisotopic (exact) mass is 367 g/mol. The molecule has 3 rings (SSSR count). The van der Waals surface area contributed by atoms with Crippen LogP contribution in [0.25, 0.3) is 0 Å². The minimum absolute atomic E-state index is 0.101. The van der Waals surface area contributed by atoms with E-state index in [0.29, 0.717) is 18.0 Å². The first-order chi connectivity index (χ1) is 13.1. The van der Waals surface area contributed by atoms with Crippen molar-refractivity contribution in [3.8, 4) is 11.5 Å². The van der Waals surface area contributed by atoms with Gasteiger partial charge in [-0.2, -0.15) is 0 Å². The van der Waals surface area contributed by atoms with Crippen molar-refractivity contribution in [1.29, 1.82) is 0 Å². The fourth-order valence-electron chi connectivity index (χ4n) is 3.15. The summed E-state index contributed by atoms with van der Waals surface area (Å²) in [5.74, 6) is 2.18. The fraction of sp³-hybridized carbons (Fsp3) is 0.350. The predicted molar refractivity (Wildman–Crippen MR) is 103 cm³/mol. The Morgan fingerprint density at radius 1 is 1.00 bits per heavy atom. The molecular formula is C20H25N5O2. The van der Waals surface area contributed by atoms with Crippen molar-refractivity contribution < 1.29 is 9.47 Å². The van der Waals surface area contributed by atoms with Crippen molar-refractivity contribution in [3.63, 3.8) is 0 Å².